The molecule has 1 amide bonds. The van der Waals surface area contributed by atoms with Crippen molar-refractivity contribution in [3.05, 3.63) is 57.4 Å². The molecule has 1 N–H and O–H groups in total. The minimum absolute atomic E-state index is 0.0354. The molecular formula is C21H29ClN2O. The summed E-state index contributed by atoms with van der Waals surface area (Å²) in [6, 6.07) is 7.60. The summed E-state index contributed by atoms with van der Waals surface area (Å²) in [7, 11) is 2.09. The highest BCUT2D eigenvalue weighted by Gasteiger charge is 2.23. The molecule has 0 bridgehead atoms. The largest absolute Gasteiger partial charge is 0.351 e. The van der Waals surface area contributed by atoms with Crippen molar-refractivity contribution in [3.8, 4) is 0 Å². The predicted octanol–water partition coefficient (Wildman–Crippen LogP) is 5.08. The fourth-order valence-electron chi connectivity index (χ4n) is 3.48. The molecule has 0 saturated heterocycles. The third kappa shape index (κ3) is 4.46. The van der Waals surface area contributed by atoms with Gasteiger partial charge in [0.2, 0.25) is 0 Å². The summed E-state index contributed by atoms with van der Waals surface area (Å²) in [6.07, 6.45) is 5.02. The van der Waals surface area contributed by atoms with Crippen molar-refractivity contribution in [1.29, 1.82) is 0 Å². The van der Waals surface area contributed by atoms with Gasteiger partial charge in [0.15, 0.2) is 0 Å². The average molecular weight is 361 g/mol. The highest BCUT2D eigenvalue weighted by Crippen LogP contribution is 2.26. The Morgan fingerprint density at radius 3 is 2.28 bits per heavy atom. The third-order valence-corrected chi connectivity index (χ3v) is 5.04. The van der Waals surface area contributed by atoms with Crippen LogP contribution in [0.25, 0.3) is 0 Å². The van der Waals surface area contributed by atoms with Gasteiger partial charge in [0.25, 0.3) is 5.91 Å². The van der Waals surface area contributed by atoms with E-state index in [1.807, 2.05) is 24.3 Å². The van der Waals surface area contributed by atoms with Gasteiger partial charge in [-0.25, -0.2) is 0 Å². The minimum Gasteiger partial charge on any atom is -0.351 e. The van der Waals surface area contributed by atoms with Crippen molar-refractivity contribution >= 4 is 17.5 Å². The summed E-state index contributed by atoms with van der Waals surface area (Å²) in [5.74, 6) is 0.0354. The van der Waals surface area contributed by atoms with Crippen LogP contribution in [0.15, 0.2) is 24.3 Å². The van der Waals surface area contributed by atoms with E-state index in [2.05, 4.69) is 37.7 Å². The van der Waals surface area contributed by atoms with E-state index in [4.69, 9.17) is 11.6 Å². The number of carbonyl (C=O) groups is 1. The standard InChI is InChI=1S/C21H29ClN2O/c1-5-8-9-17-18(6-2)24(4)19(7-3)20(17)21(25)23-14-15-10-12-16(22)13-11-15/h10-13H,5-9,14H2,1-4H3,(H,23,25). The Hall–Kier alpha value is -1.74. The number of nitrogens with zero attached hydrogens (tertiary/aromatic N) is 1. The maximum atomic E-state index is 13.0. The van der Waals surface area contributed by atoms with Crippen LogP contribution in [-0.4, -0.2) is 10.5 Å². The van der Waals surface area contributed by atoms with Gasteiger partial charge in [-0.3, -0.25) is 4.79 Å². The van der Waals surface area contributed by atoms with Crippen LogP contribution in [0, 0.1) is 0 Å². The van der Waals surface area contributed by atoms with Crippen LogP contribution in [0.1, 0.15) is 66.5 Å². The zero-order chi connectivity index (χ0) is 18.4. The second-order valence-corrected chi connectivity index (χ2v) is 6.86. The summed E-state index contributed by atoms with van der Waals surface area (Å²) in [6.45, 7) is 6.99. The number of hydrogen-bond donors (Lipinski definition) is 1. The number of nitrogens with one attached hydrogen (secondary N) is 1. The van der Waals surface area contributed by atoms with E-state index in [0.717, 1.165) is 48.9 Å². The first-order chi connectivity index (χ1) is 12.0. The number of halogens is 1. The van der Waals surface area contributed by atoms with Crippen molar-refractivity contribution in [2.75, 3.05) is 0 Å². The molecule has 2 aromatic rings. The van der Waals surface area contributed by atoms with E-state index in [1.54, 1.807) is 0 Å². The maximum Gasteiger partial charge on any atom is 0.253 e. The third-order valence-electron chi connectivity index (χ3n) is 4.79. The van der Waals surface area contributed by atoms with E-state index in [0.29, 0.717) is 11.6 Å². The zero-order valence-corrected chi connectivity index (χ0v) is 16.5. The molecule has 1 aromatic carbocycles. The number of aromatic nitrogens is 1. The number of hydrogen-bond acceptors (Lipinski definition) is 1. The van der Waals surface area contributed by atoms with Gasteiger partial charge in [-0.2, -0.15) is 0 Å². The van der Waals surface area contributed by atoms with Crippen LogP contribution in [0.3, 0.4) is 0 Å². The zero-order valence-electron chi connectivity index (χ0n) is 15.8. The number of rotatable bonds is 8. The molecule has 4 heteroatoms. The number of carbonyl (C=O) groups excluding carboxylic acids is 1. The van der Waals surface area contributed by atoms with Gasteiger partial charge in [0, 0.05) is 30.0 Å². The Balaban J connectivity index is 2.28. The molecule has 0 aliphatic rings. The first kappa shape index (κ1) is 19.6. The second kappa shape index (κ2) is 9.10. The van der Waals surface area contributed by atoms with E-state index in [1.165, 1.54) is 11.3 Å². The van der Waals surface area contributed by atoms with Gasteiger partial charge in [0.1, 0.15) is 0 Å². The topological polar surface area (TPSA) is 34.0 Å². The fourth-order valence-corrected chi connectivity index (χ4v) is 3.61. The Bertz CT molecular complexity index is 716. The first-order valence-corrected chi connectivity index (χ1v) is 9.63. The normalized spacial score (nSPS) is 10.9. The Kier molecular flexibility index (Phi) is 7.12. The van der Waals surface area contributed by atoms with Crippen LogP contribution in [-0.2, 0) is 32.9 Å². The quantitative estimate of drug-likeness (QED) is 0.700. The number of unbranched alkanes of at least 4 members (excludes halogenated alkanes) is 1. The molecule has 0 aliphatic carbocycles. The van der Waals surface area contributed by atoms with Crippen LogP contribution in [0.2, 0.25) is 5.02 Å². The molecule has 0 saturated carbocycles. The summed E-state index contributed by atoms with van der Waals surface area (Å²) < 4.78 is 2.22. The maximum absolute atomic E-state index is 13.0. The first-order valence-electron chi connectivity index (χ1n) is 9.25. The molecule has 0 spiro atoms. The molecule has 0 radical (unpaired) electrons. The van der Waals surface area contributed by atoms with Gasteiger partial charge in [-0.05, 0) is 48.9 Å². The lowest BCUT2D eigenvalue weighted by Gasteiger charge is -2.09. The molecule has 2 rings (SSSR count). The molecule has 25 heavy (non-hydrogen) atoms. The van der Waals surface area contributed by atoms with Crippen molar-refractivity contribution in [3.63, 3.8) is 0 Å². The van der Waals surface area contributed by atoms with Gasteiger partial charge < -0.3 is 9.88 Å². The van der Waals surface area contributed by atoms with Crippen LogP contribution in [0.4, 0.5) is 0 Å². The minimum atomic E-state index is 0.0354. The number of amides is 1. The molecule has 0 atom stereocenters. The summed E-state index contributed by atoms with van der Waals surface area (Å²) >= 11 is 5.93. The Morgan fingerprint density at radius 1 is 1.08 bits per heavy atom. The van der Waals surface area contributed by atoms with Crippen molar-refractivity contribution in [1.82, 2.24) is 9.88 Å². The van der Waals surface area contributed by atoms with Crippen molar-refractivity contribution in [2.24, 2.45) is 7.05 Å². The molecule has 1 heterocycles. The van der Waals surface area contributed by atoms with Gasteiger partial charge in [-0.15, -0.1) is 0 Å². The lowest BCUT2D eigenvalue weighted by molar-refractivity contribution is 0.0949. The molecule has 0 unspecified atom stereocenters. The summed E-state index contributed by atoms with van der Waals surface area (Å²) in [5.41, 5.74) is 5.61. The number of benzene rings is 1. The second-order valence-electron chi connectivity index (χ2n) is 6.43. The molecular weight excluding hydrogens is 332 g/mol. The summed E-state index contributed by atoms with van der Waals surface area (Å²) in [4.78, 5) is 13.0. The lowest BCUT2D eigenvalue weighted by Crippen LogP contribution is -2.24. The van der Waals surface area contributed by atoms with Gasteiger partial charge in [0.05, 0.1) is 5.56 Å². The van der Waals surface area contributed by atoms with Gasteiger partial charge >= 0.3 is 0 Å². The van der Waals surface area contributed by atoms with Crippen molar-refractivity contribution in [2.45, 2.75) is 59.4 Å². The lowest BCUT2D eigenvalue weighted by atomic mass is 10.00. The molecule has 3 nitrogen and oxygen atoms in total. The van der Waals surface area contributed by atoms with Gasteiger partial charge in [-0.1, -0.05) is 50.9 Å². The predicted molar refractivity (Wildman–Crippen MR) is 105 cm³/mol. The SMILES string of the molecule is CCCCc1c(C(=O)NCc2ccc(Cl)cc2)c(CC)n(C)c1CC. The van der Waals surface area contributed by atoms with Crippen LogP contribution in [0.5, 0.6) is 0 Å². The highest BCUT2D eigenvalue weighted by molar-refractivity contribution is 6.30. The van der Waals surface area contributed by atoms with Crippen LogP contribution < -0.4 is 5.32 Å². The monoisotopic (exact) mass is 360 g/mol. The molecule has 0 aliphatic heterocycles. The molecule has 0 fully saturated rings. The van der Waals surface area contributed by atoms with E-state index in [9.17, 15) is 4.79 Å². The molecule has 1 aromatic heterocycles. The Labute approximate surface area is 156 Å². The summed E-state index contributed by atoms with van der Waals surface area (Å²) in [5, 5.41) is 3.80. The Morgan fingerprint density at radius 2 is 1.72 bits per heavy atom. The van der Waals surface area contributed by atoms with E-state index < -0.39 is 0 Å². The average Bonchev–Trinajstić information content (AvgIpc) is 2.89. The highest BCUT2D eigenvalue weighted by atomic mass is 35.5. The van der Waals surface area contributed by atoms with Crippen LogP contribution >= 0.6 is 11.6 Å². The van der Waals surface area contributed by atoms with E-state index >= 15 is 0 Å². The van der Waals surface area contributed by atoms with Crippen molar-refractivity contribution < 1.29 is 4.79 Å². The van der Waals surface area contributed by atoms with E-state index in [-0.39, 0.29) is 5.91 Å². The smallest absolute Gasteiger partial charge is 0.253 e. The molecule has 136 valence electrons. The fraction of sp³-hybridized carbons (Fsp3) is 0.476.